The molecule has 2 rings (SSSR count). The summed E-state index contributed by atoms with van der Waals surface area (Å²) in [5.41, 5.74) is 0.230. The fourth-order valence-corrected chi connectivity index (χ4v) is 3.08. The van der Waals surface area contributed by atoms with Gasteiger partial charge in [-0.25, -0.2) is 9.18 Å². The van der Waals surface area contributed by atoms with Crippen LogP contribution in [0.3, 0.4) is 0 Å². The van der Waals surface area contributed by atoms with E-state index in [1.54, 1.807) is 17.9 Å². The minimum absolute atomic E-state index is 0.195. The fraction of sp³-hybridized carbons (Fsp3) is 0.421. The van der Waals surface area contributed by atoms with E-state index in [-0.39, 0.29) is 23.4 Å². The van der Waals surface area contributed by atoms with Crippen LogP contribution in [0, 0.1) is 11.7 Å². The van der Waals surface area contributed by atoms with Gasteiger partial charge in [-0.15, -0.1) is 0 Å². The van der Waals surface area contributed by atoms with Crippen molar-refractivity contribution in [2.24, 2.45) is 5.92 Å². The van der Waals surface area contributed by atoms with Crippen molar-refractivity contribution in [3.63, 3.8) is 0 Å². The Kier molecular flexibility index (Phi) is 7.97. The van der Waals surface area contributed by atoms with Gasteiger partial charge in [0.2, 0.25) is 0 Å². The minimum Gasteiger partial charge on any atom is -0.466 e. The largest absolute Gasteiger partial charge is 0.466 e. The third-order valence-corrected chi connectivity index (χ3v) is 4.66. The van der Waals surface area contributed by atoms with E-state index >= 15 is 0 Å². The zero-order valence-electron chi connectivity index (χ0n) is 15.0. The van der Waals surface area contributed by atoms with Gasteiger partial charge in [0.05, 0.1) is 12.5 Å². The number of nitrogens with zero attached hydrogens (tertiary/aromatic N) is 1. The number of piperidine rings is 1. The standard InChI is InChI=1S/C19H21BrFNO5/c1-2-26-19(25)13-7-9-22(10-8-13)17(23)12-27-18(24)6-3-14-11-15(20)4-5-16(14)21/h3-6,11,13H,2,7-10,12H2,1H3/b6-3+. The van der Waals surface area contributed by atoms with E-state index in [0.717, 1.165) is 6.08 Å². The first-order chi connectivity index (χ1) is 12.9. The number of halogens is 2. The average molecular weight is 442 g/mol. The van der Waals surface area contributed by atoms with E-state index in [2.05, 4.69) is 15.9 Å². The van der Waals surface area contributed by atoms with Crippen molar-refractivity contribution < 1.29 is 28.2 Å². The fourth-order valence-electron chi connectivity index (χ4n) is 2.70. The molecule has 0 atom stereocenters. The highest BCUT2D eigenvalue weighted by Crippen LogP contribution is 2.19. The van der Waals surface area contributed by atoms with Gasteiger partial charge in [-0.2, -0.15) is 0 Å². The minimum atomic E-state index is -0.732. The number of carbonyl (C=O) groups excluding carboxylic acids is 3. The van der Waals surface area contributed by atoms with E-state index in [4.69, 9.17) is 9.47 Å². The zero-order chi connectivity index (χ0) is 19.8. The zero-order valence-corrected chi connectivity index (χ0v) is 16.5. The summed E-state index contributed by atoms with van der Waals surface area (Å²) in [6.45, 7) is 2.53. The molecule has 0 unspecified atom stereocenters. The second kappa shape index (κ2) is 10.2. The molecule has 1 saturated heterocycles. The van der Waals surface area contributed by atoms with E-state index in [0.29, 0.717) is 37.0 Å². The number of likely N-dealkylation sites (tertiary alicyclic amines) is 1. The topological polar surface area (TPSA) is 72.9 Å². The molecule has 0 aromatic heterocycles. The number of ether oxygens (including phenoxy) is 2. The molecule has 1 amide bonds. The molecule has 1 aliphatic heterocycles. The predicted octanol–water partition coefficient (Wildman–Crippen LogP) is 2.95. The van der Waals surface area contributed by atoms with Crippen molar-refractivity contribution in [1.29, 1.82) is 0 Å². The van der Waals surface area contributed by atoms with Crippen LogP contribution in [-0.2, 0) is 23.9 Å². The van der Waals surface area contributed by atoms with Crippen LogP contribution >= 0.6 is 15.9 Å². The smallest absolute Gasteiger partial charge is 0.331 e. The molecule has 0 spiro atoms. The molecule has 0 bridgehead atoms. The van der Waals surface area contributed by atoms with Gasteiger partial charge in [0.25, 0.3) is 5.91 Å². The molecule has 1 fully saturated rings. The number of benzene rings is 1. The van der Waals surface area contributed by atoms with Crippen molar-refractivity contribution in [1.82, 2.24) is 4.90 Å². The number of carbonyl (C=O) groups is 3. The summed E-state index contributed by atoms with van der Waals surface area (Å²) in [6, 6.07) is 4.35. The Labute approximate surface area is 165 Å². The van der Waals surface area contributed by atoms with Gasteiger partial charge in [-0.05, 0) is 44.0 Å². The number of hydrogen-bond acceptors (Lipinski definition) is 5. The number of amides is 1. The molecule has 1 aromatic carbocycles. The van der Waals surface area contributed by atoms with Gasteiger partial charge in [-0.3, -0.25) is 9.59 Å². The molecular weight excluding hydrogens is 421 g/mol. The van der Waals surface area contributed by atoms with Gasteiger partial charge >= 0.3 is 11.9 Å². The Balaban J connectivity index is 1.77. The van der Waals surface area contributed by atoms with E-state index in [1.807, 2.05) is 0 Å². The van der Waals surface area contributed by atoms with Crippen LogP contribution in [0.2, 0.25) is 0 Å². The molecule has 0 N–H and O–H groups in total. The molecule has 0 saturated carbocycles. The summed E-state index contributed by atoms with van der Waals surface area (Å²) in [5, 5.41) is 0. The van der Waals surface area contributed by atoms with Gasteiger partial charge in [-0.1, -0.05) is 15.9 Å². The highest BCUT2D eigenvalue weighted by atomic mass is 79.9. The molecule has 0 radical (unpaired) electrons. The van der Waals surface area contributed by atoms with Gasteiger partial charge in [0.15, 0.2) is 6.61 Å². The predicted molar refractivity (Wildman–Crippen MR) is 100 cm³/mol. The highest BCUT2D eigenvalue weighted by molar-refractivity contribution is 9.10. The maximum absolute atomic E-state index is 13.6. The maximum Gasteiger partial charge on any atom is 0.331 e. The van der Waals surface area contributed by atoms with E-state index in [1.165, 1.54) is 18.2 Å². The molecule has 1 heterocycles. The first-order valence-corrected chi connectivity index (χ1v) is 9.44. The van der Waals surface area contributed by atoms with Crippen LogP contribution in [0.25, 0.3) is 6.08 Å². The number of esters is 2. The summed E-state index contributed by atoms with van der Waals surface area (Å²) in [7, 11) is 0. The first-order valence-electron chi connectivity index (χ1n) is 8.65. The van der Waals surface area contributed by atoms with Crippen molar-refractivity contribution in [2.45, 2.75) is 19.8 Å². The second-order valence-corrected chi connectivity index (χ2v) is 6.93. The van der Waals surface area contributed by atoms with Gasteiger partial charge < -0.3 is 14.4 Å². The van der Waals surface area contributed by atoms with Crippen molar-refractivity contribution in [2.75, 3.05) is 26.3 Å². The highest BCUT2D eigenvalue weighted by Gasteiger charge is 2.28. The summed E-state index contributed by atoms with van der Waals surface area (Å²) in [5.74, 6) is -1.96. The van der Waals surface area contributed by atoms with Gasteiger partial charge in [0, 0.05) is 29.2 Å². The lowest BCUT2D eigenvalue weighted by Crippen LogP contribution is -2.42. The number of rotatable bonds is 6. The van der Waals surface area contributed by atoms with Crippen LogP contribution < -0.4 is 0 Å². The van der Waals surface area contributed by atoms with Crippen molar-refractivity contribution >= 4 is 39.9 Å². The lowest BCUT2D eigenvalue weighted by atomic mass is 9.97. The van der Waals surface area contributed by atoms with Crippen molar-refractivity contribution in [3.8, 4) is 0 Å². The lowest BCUT2D eigenvalue weighted by molar-refractivity contribution is -0.153. The summed E-state index contributed by atoms with van der Waals surface area (Å²) in [4.78, 5) is 37.1. The van der Waals surface area contributed by atoms with Crippen LogP contribution in [0.5, 0.6) is 0 Å². The average Bonchev–Trinajstić information content (AvgIpc) is 2.67. The lowest BCUT2D eigenvalue weighted by Gasteiger charge is -2.30. The Morgan fingerprint density at radius 1 is 1.26 bits per heavy atom. The van der Waals surface area contributed by atoms with Crippen LogP contribution in [0.1, 0.15) is 25.3 Å². The van der Waals surface area contributed by atoms with Gasteiger partial charge in [0.1, 0.15) is 5.82 Å². The third kappa shape index (κ3) is 6.46. The first kappa shape index (κ1) is 21.1. The Morgan fingerprint density at radius 2 is 1.96 bits per heavy atom. The molecule has 6 nitrogen and oxygen atoms in total. The normalized spacial score (nSPS) is 15.0. The van der Waals surface area contributed by atoms with E-state index in [9.17, 15) is 18.8 Å². The summed E-state index contributed by atoms with van der Waals surface area (Å²) in [6.07, 6.45) is 3.42. The Bertz CT molecular complexity index is 729. The van der Waals surface area contributed by atoms with Crippen molar-refractivity contribution in [3.05, 3.63) is 40.1 Å². The summed E-state index contributed by atoms with van der Waals surface area (Å²) >= 11 is 3.22. The quantitative estimate of drug-likeness (QED) is 0.501. The van der Waals surface area contributed by atoms with Crippen LogP contribution in [-0.4, -0.2) is 49.0 Å². The SMILES string of the molecule is CCOC(=O)C1CCN(C(=O)COC(=O)/C=C/c2cc(Br)ccc2F)CC1. The Hall–Kier alpha value is -2.22. The molecule has 1 aliphatic rings. The Morgan fingerprint density at radius 3 is 2.63 bits per heavy atom. The maximum atomic E-state index is 13.6. The van der Waals surface area contributed by atoms with E-state index < -0.39 is 18.4 Å². The second-order valence-electron chi connectivity index (χ2n) is 6.01. The molecule has 0 aliphatic carbocycles. The third-order valence-electron chi connectivity index (χ3n) is 4.16. The molecule has 27 heavy (non-hydrogen) atoms. The summed E-state index contributed by atoms with van der Waals surface area (Å²) < 4.78 is 24.2. The molecule has 1 aromatic rings. The number of hydrogen-bond donors (Lipinski definition) is 0. The monoisotopic (exact) mass is 441 g/mol. The van der Waals surface area contributed by atoms with Crippen LogP contribution in [0.15, 0.2) is 28.7 Å². The molecule has 8 heteroatoms. The molecular formula is C19H21BrFNO5. The van der Waals surface area contributed by atoms with Crippen LogP contribution in [0.4, 0.5) is 4.39 Å². The molecule has 146 valence electrons.